The number of nitrogens with one attached hydrogen (secondary N) is 1. The van der Waals surface area contributed by atoms with Crippen LogP contribution in [0, 0.1) is 25.5 Å². The molecule has 2 saturated heterocycles. The molecule has 4 atom stereocenters. The van der Waals surface area contributed by atoms with Gasteiger partial charge in [0.2, 0.25) is 5.24 Å². The first kappa shape index (κ1) is 62.4. The summed E-state index contributed by atoms with van der Waals surface area (Å²) in [4.78, 5) is 97.1. The Kier molecular flexibility index (Phi) is 21.4. The molecule has 18 nitrogen and oxygen atoms in total. The number of hydrogen-bond donors (Lipinski definition) is 1. The van der Waals surface area contributed by atoms with Crippen LogP contribution < -0.4 is 5.32 Å². The second-order valence-corrected chi connectivity index (χ2v) is 20.6. The second-order valence-electron chi connectivity index (χ2n) is 18.5. The number of hydrogen-bond acceptors (Lipinski definition) is 14. The van der Waals surface area contributed by atoms with Crippen LogP contribution in [0.15, 0.2) is 71.0 Å². The van der Waals surface area contributed by atoms with Crippen molar-refractivity contribution in [3.8, 4) is 0 Å². The van der Waals surface area contributed by atoms with Gasteiger partial charge in [0.1, 0.15) is 38.5 Å². The van der Waals surface area contributed by atoms with Crippen LogP contribution in [0.2, 0.25) is 20.1 Å². The average Bonchev–Trinajstić information content (AvgIpc) is 4.33. The fourth-order valence-corrected chi connectivity index (χ4v) is 9.61. The maximum Gasteiger partial charge on any atom is 0.271 e. The van der Waals surface area contributed by atoms with Gasteiger partial charge < -0.3 is 24.5 Å². The third kappa shape index (κ3) is 14.6. The first-order valence-electron chi connectivity index (χ1n) is 24.8. The van der Waals surface area contributed by atoms with Gasteiger partial charge in [-0.25, -0.2) is 18.9 Å². The Balaban J connectivity index is 0.000000230. The molecule has 0 spiro atoms. The standard InChI is InChI=1S/C27H28Cl2FN3O6.C23H22Cl2FN3O4.C4H7ClO2/c1-5-32-26(36)22(13-38-32)33(23(34)14-37-6-2)25(35)18-8-7-16(9-15(18)3)21-12-27(4,39-31-21)17-10-19(28)24(30)20(29)11-17;1-4-29-22(31)19(11-32-29)27-21(30)15-6-5-13(7-12(15)2)18-10-23(3,33-28-18)14-8-16(24)20(26)17(25)9-14;1-2-7-3-4(5)6/h7-11,22H,5-6,12-14H2,1-4H3;5-9,19H,4,10-11H2,1-3H3,(H,27,30);2-3H2,1H3/t22-,27?;19-,23?;/m11./s1. The minimum atomic E-state index is -1.09. The summed E-state index contributed by atoms with van der Waals surface area (Å²) >= 11 is 28.7. The smallest absolute Gasteiger partial charge is 0.271 e. The zero-order chi connectivity index (χ0) is 58.1. The van der Waals surface area contributed by atoms with Gasteiger partial charge in [-0.1, -0.05) is 68.8 Å². The van der Waals surface area contributed by atoms with E-state index in [9.17, 15) is 37.5 Å². The molecule has 4 heterocycles. The van der Waals surface area contributed by atoms with Gasteiger partial charge in [0, 0.05) is 61.4 Å². The maximum absolute atomic E-state index is 13.9. The van der Waals surface area contributed by atoms with E-state index in [2.05, 4.69) is 20.4 Å². The molecule has 4 aliphatic heterocycles. The van der Waals surface area contributed by atoms with Gasteiger partial charge in [0.15, 0.2) is 22.8 Å². The number of hydroxylamine groups is 4. The van der Waals surface area contributed by atoms with Gasteiger partial charge in [0.25, 0.3) is 29.5 Å². The molecule has 0 saturated carbocycles. The molecule has 4 aromatic rings. The van der Waals surface area contributed by atoms with E-state index in [-0.39, 0.29) is 77.0 Å². The highest BCUT2D eigenvalue weighted by Gasteiger charge is 2.44. The summed E-state index contributed by atoms with van der Waals surface area (Å²) in [5.41, 5.74) is 4.07. The van der Waals surface area contributed by atoms with E-state index in [1.165, 1.54) is 29.3 Å². The Bertz CT molecular complexity index is 3030. The molecule has 2 fully saturated rings. The maximum atomic E-state index is 13.9. The number of carbonyl (C=O) groups excluding carboxylic acids is 6. The van der Waals surface area contributed by atoms with Crippen molar-refractivity contribution < 1.29 is 66.4 Å². The molecule has 25 heteroatoms. The summed E-state index contributed by atoms with van der Waals surface area (Å²) in [6.45, 7) is 15.4. The number of imide groups is 1. The summed E-state index contributed by atoms with van der Waals surface area (Å²) < 4.78 is 37.6. The van der Waals surface area contributed by atoms with Gasteiger partial charge in [-0.3, -0.25) is 43.3 Å². The van der Waals surface area contributed by atoms with Crippen LogP contribution in [0.4, 0.5) is 8.78 Å². The number of halogens is 7. The van der Waals surface area contributed by atoms with Crippen LogP contribution in [0.3, 0.4) is 0 Å². The SMILES string of the molecule is CCN1OC[C@@H](NC(=O)c2ccc(C3=NOC(C)(c4cc(Cl)c(F)c(Cl)c4)C3)cc2C)C1=O.CCOCC(=O)Cl.CCOCC(=O)N(C(=O)c1ccc(C2=NOC(C)(c3cc(Cl)c(F)c(Cl)c3)C2)cc1C)[C@@H]1CON(CC)C1=O. The number of oxime groups is 2. The molecule has 4 aromatic carbocycles. The van der Waals surface area contributed by atoms with Crippen molar-refractivity contribution in [2.75, 3.05) is 52.7 Å². The minimum Gasteiger partial charge on any atom is -0.384 e. The fourth-order valence-electron chi connectivity index (χ4n) is 8.55. The first-order valence-corrected chi connectivity index (χ1v) is 26.7. The van der Waals surface area contributed by atoms with Crippen LogP contribution in [-0.2, 0) is 59.2 Å². The molecule has 2 unspecified atom stereocenters. The summed E-state index contributed by atoms with van der Waals surface area (Å²) in [7, 11) is 0. The van der Waals surface area contributed by atoms with Crippen LogP contribution in [0.1, 0.15) is 108 Å². The number of carbonyl (C=O) groups is 6. The number of likely N-dealkylation sites (N-methyl/N-ethyl adjacent to an activating group) is 2. The number of aryl methyl sites for hydroxylation is 2. The molecule has 5 amide bonds. The molecule has 0 aromatic heterocycles. The monoisotopic (exact) mass is 1190 g/mol. The molecule has 424 valence electrons. The Hall–Kier alpha value is -5.81. The zero-order valence-corrected chi connectivity index (χ0v) is 48.1. The molecule has 4 aliphatic rings. The third-order valence-electron chi connectivity index (χ3n) is 12.9. The largest absolute Gasteiger partial charge is 0.384 e. The molecule has 0 radical (unpaired) electrons. The van der Waals surface area contributed by atoms with Gasteiger partial charge in [-0.2, -0.15) is 0 Å². The lowest BCUT2D eigenvalue weighted by molar-refractivity contribution is -0.161. The Morgan fingerprint density at radius 2 is 1.13 bits per heavy atom. The fraction of sp³-hybridized carbons (Fsp3) is 0.407. The van der Waals surface area contributed by atoms with Crippen molar-refractivity contribution in [2.24, 2.45) is 10.3 Å². The lowest BCUT2D eigenvalue weighted by Gasteiger charge is -2.25. The van der Waals surface area contributed by atoms with E-state index < -0.39 is 57.9 Å². The highest BCUT2D eigenvalue weighted by atomic mass is 35.5. The van der Waals surface area contributed by atoms with Crippen molar-refractivity contribution in [2.45, 2.75) is 91.5 Å². The van der Waals surface area contributed by atoms with Gasteiger partial charge in [-0.15, -0.1) is 0 Å². The quantitative estimate of drug-likeness (QED) is 0.0823. The van der Waals surface area contributed by atoms with E-state index in [0.717, 1.165) is 15.5 Å². The number of ether oxygens (including phenoxy) is 2. The highest BCUT2D eigenvalue weighted by Crippen LogP contribution is 2.41. The molecule has 79 heavy (non-hydrogen) atoms. The summed E-state index contributed by atoms with van der Waals surface area (Å²) in [5.74, 6) is -3.74. The summed E-state index contributed by atoms with van der Waals surface area (Å²) in [6, 6.07) is 14.4. The summed E-state index contributed by atoms with van der Waals surface area (Å²) in [6.07, 6.45) is 0.731. The van der Waals surface area contributed by atoms with Crippen LogP contribution in [0.25, 0.3) is 0 Å². The average molecular weight is 1200 g/mol. The molecule has 1 N–H and O–H groups in total. The van der Waals surface area contributed by atoms with E-state index in [1.54, 1.807) is 78.8 Å². The van der Waals surface area contributed by atoms with E-state index in [0.29, 0.717) is 70.8 Å². The van der Waals surface area contributed by atoms with Gasteiger partial charge >= 0.3 is 0 Å². The predicted molar refractivity (Wildman–Crippen MR) is 291 cm³/mol. The number of rotatable bonds is 16. The molecule has 0 aliphatic carbocycles. The van der Waals surface area contributed by atoms with Gasteiger partial charge in [0.05, 0.1) is 31.5 Å². The predicted octanol–water partition coefficient (Wildman–Crippen LogP) is 9.81. The second kappa shape index (κ2) is 27.1. The Morgan fingerprint density at radius 3 is 1.53 bits per heavy atom. The number of benzene rings is 4. The first-order chi connectivity index (χ1) is 37.4. The minimum absolute atomic E-state index is 0.0258. The number of amides is 5. The highest BCUT2D eigenvalue weighted by molar-refractivity contribution is 6.63. The van der Waals surface area contributed by atoms with Gasteiger partial charge in [-0.05, 0) is 138 Å². The Labute approximate surface area is 479 Å². The van der Waals surface area contributed by atoms with Crippen molar-refractivity contribution >= 4 is 104 Å². The lowest BCUT2D eigenvalue weighted by atomic mass is 9.88. The lowest BCUT2D eigenvalue weighted by Crippen LogP contribution is -2.51. The topological polar surface area (TPSA) is 204 Å². The van der Waals surface area contributed by atoms with Crippen molar-refractivity contribution in [1.82, 2.24) is 20.3 Å². The van der Waals surface area contributed by atoms with Crippen molar-refractivity contribution in [1.29, 1.82) is 0 Å². The van der Waals surface area contributed by atoms with Crippen molar-refractivity contribution in [3.05, 3.63) is 137 Å². The van der Waals surface area contributed by atoms with Crippen molar-refractivity contribution in [3.63, 3.8) is 0 Å². The van der Waals surface area contributed by atoms with E-state index in [4.69, 9.17) is 82.1 Å². The van der Waals surface area contributed by atoms with E-state index in [1.807, 2.05) is 13.0 Å². The normalized spacial score (nSPS) is 20.3. The zero-order valence-electron chi connectivity index (χ0n) is 44.3. The molecular formula is C54H57Cl5F2N6O12. The van der Waals surface area contributed by atoms with Crippen LogP contribution in [0.5, 0.6) is 0 Å². The summed E-state index contributed by atoms with van der Waals surface area (Å²) in [5, 5.41) is 12.7. The number of nitrogens with zero attached hydrogens (tertiary/aromatic N) is 5. The third-order valence-corrected chi connectivity index (χ3v) is 14.1. The molecule has 8 rings (SSSR count). The van der Waals surface area contributed by atoms with Crippen LogP contribution >= 0.6 is 58.0 Å². The van der Waals surface area contributed by atoms with E-state index >= 15 is 0 Å². The van der Waals surface area contributed by atoms with Crippen LogP contribution in [-0.4, -0.2) is 126 Å². The Morgan fingerprint density at radius 1 is 0.684 bits per heavy atom. The molecule has 0 bridgehead atoms. The molecular weight excluding hydrogens is 1140 g/mol.